The largest absolute Gasteiger partial charge is 0.356 e. The Balaban J connectivity index is 0.00000364. The lowest BCUT2D eigenvalue weighted by atomic mass is 10.1. The van der Waals surface area contributed by atoms with Gasteiger partial charge < -0.3 is 15.2 Å². The Labute approximate surface area is 186 Å². The molecule has 0 amide bonds. The lowest BCUT2D eigenvalue weighted by Crippen LogP contribution is -2.38. The molecule has 1 aliphatic rings. The molecule has 2 rings (SSSR count). The predicted molar refractivity (Wildman–Crippen MR) is 126 cm³/mol. The van der Waals surface area contributed by atoms with Crippen molar-refractivity contribution >= 4 is 41.7 Å². The molecule has 0 unspecified atom stereocenters. The molecule has 0 aromatic carbocycles. The average Bonchev–Trinajstić information content (AvgIpc) is 3.28. The van der Waals surface area contributed by atoms with Gasteiger partial charge in [-0.2, -0.15) is 0 Å². The Hall–Kier alpha value is -0.510. The van der Waals surface area contributed by atoms with Gasteiger partial charge in [0.1, 0.15) is 5.82 Å². The Morgan fingerprint density at radius 2 is 1.85 bits per heavy atom. The fourth-order valence-corrected chi connectivity index (χ4v) is 4.11. The van der Waals surface area contributed by atoms with E-state index in [1.54, 1.807) is 11.8 Å². The highest BCUT2D eigenvalue weighted by Crippen LogP contribution is 2.33. The first-order valence-electron chi connectivity index (χ1n) is 10.1. The SMILES string of the molecule is CN=C(NCCCc1nnc(SC)n1C1CCCC1)NCCCC(C)C.I. The van der Waals surface area contributed by atoms with Crippen LogP contribution in [0.5, 0.6) is 0 Å². The zero-order valence-electron chi connectivity index (χ0n) is 17.3. The topological polar surface area (TPSA) is 67.1 Å². The second-order valence-electron chi connectivity index (χ2n) is 7.48. The summed E-state index contributed by atoms with van der Waals surface area (Å²) in [6.45, 7) is 6.40. The molecule has 8 heteroatoms. The molecule has 1 aliphatic carbocycles. The first-order chi connectivity index (χ1) is 12.7. The monoisotopic (exact) mass is 508 g/mol. The van der Waals surface area contributed by atoms with E-state index in [1.165, 1.54) is 38.5 Å². The van der Waals surface area contributed by atoms with Crippen molar-refractivity contribution in [3.8, 4) is 0 Å². The molecule has 1 saturated carbocycles. The maximum absolute atomic E-state index is 4.46. The number of aliphatic imine (C=N–C) groups is 1. The molecule has 6 nitrogen and oxygen atoms in total. The summed E-state index contributed by atoms with van der Waals surface area (Å²) in [4.78, 5) is 4.31. The van der Waals surface area contributed by atoms with Gasteiger partial charge in [-0.25, -0.2) is 0 Å². The van der Waals surface area contributed by atoms with Gasteiger partial charge in [-0.15, -0.1) is 34.2 Å². The second kappa shape index (κ2) is 13.6. The molecule has 27 heavy (non-hydrogen) atoms. The number of thioether (sulfide) groups is 1. The maximum atomic E-state index is 4.46. The number of nitrogens with one attached hydrogen (secondary N) is 2. The molecule has 1 aromatic heterocycles. The van der Waals surface area contributed by atoms with E-state index in [0.717, 1.165) is 48.8 Å². The van der Waals surface area contributed by atoms with Crippen LogP contribution in [0.3, 0.4) is 0 Å². The molecule has 0 spiro atoms. The van der Waals surface area contributed by atoms with Crippen molar-refractivity contribution in [3.63, 3.8) is 0 Å². The number of aromatic nitrogens is 3. The fraction of sp³-hybridized carbons (Fsp3) is 0.842. The quantitative estimate of drug-likeness (QED) is 0.163. The van der Waals surface area contributed by atoms with Crippen LogP contribution >= 0.6 is 35.7 Å². The molecule has 156 valence electrons. The lowest BCUT2D eigenvalue weighted by Gasteiger charge is -2.16. The molecule has 0 aliphatic heterocycles. The van der Waals surface area contributed by atoms with E-state index in [-0.39, 0.29) is 24.0 Å². The summed E-state index contributed by atoms with van der Waals surface area (Å²) >= 11 is 1.71. The van der Waals surface area contributed by atoms with Crippen LogP contribution in [-0.2, 0) is 6.42 Å². The van der Waals surface area contributed by atoms with Gasteiger partial charge in [-0.05, 0) is 44.3 Å². The van der Waals surface area contributed by atoms with Crippen molar-refractivity contribution in [1.29, 1.82) is 0 Å². The average molecular weight is 509 g/mol. The third-order valence-corrected chi connectivity index (χ3v) is 5.59. The number of halogens is 1. The Morgan fingerprint density at radius 3 is 2.44 bits per heavy atom. The van der Waals surface area contributed by atoms with Crippen LogP contribution in [0.4, 0.5) is 0 Å². The number of hydrogen-bond donors (Lipinski definition) is 2. The molecule has 1 heterocycles. The maximum Gasteiger partial charge on any atom is 0.191 e. The van der Waals surface area contributed by atoms with Crippen LogP contribution < -0.4 is 10.6 Å². The van der Waals surface area contributed by atoms with E-state index in [1.807, 2.05) is 7.05 Å². The van der Waals surface area contributed by atoms with Crippen molar-refractivity contribution in [3.05, 3.63) is 5.82 Å². The highest BCUT2D eigenvalue weighted by molar-refractivity contribution is 14.0. The van der Waals surface area contributed by atoms with E-state index in [0.29, 0.717) is 6.04 Å². The lowest BCUT2D eigenvalue weighted by molar-refractivity contribution is 0.460. The minimum atomic E-state index is 0. The van der Waals surface area contributed by atoms with Crippen LogP contribution in [0.15, 0.2) is 10.1 Å². The van der Waals surface area contributed by atoms with Crippen LogP contribution in [0, 0.1) is 5.92 Å². The van der Waals surface area contributed by atoms with Crippen molar-refractivity contribution in [1.82, 2.24) is 25.4 Å². The van der Waals surface area contributed by atoms with Gasteiger partial charge in [-0.1, -0.05) is 38.5 Å². The molecule has 0 radical (unpaired) electrons. The summed E-state index contributed by atoms with van der Waals surface area (Å²) in [5.74, 6) is 2.80. The number of hydrogen-bond acceptors (Lipinski definition) is 4. The van der Waals surface area contributed by atoms with Crippen molar-refractivity contribution in [2.45, 2.75) is 76.4 Å². The zero-order valence-corrected chi connectivity index (χ0v) is 20.5. The molecular formula is C19H37IN6S. The highest BCUT2D eigenvalue weighted by Gasteiger charge is 2.23. The highest BCUT2D eigenvalue weighted by atomic mass is 127. The summed E-state index contributed by atoms with van der Waals surface area (Å²) in [6.07, 6.45) is 11.7. The van der Waals surface area contributed by atoms with E-state index in [2.05, 4.69) is 50.5 Å². The van der Waals surface area contributed by atoms with Crippen molar-refractivity contribution in [2.75, 3.05) is 26.4 Å². The normalized spacial score (nSPS) is 15.2. The zero-order chi connectivity index (χ0) is 18.8. The molecule has 0 bridgehead atoms. The molecule has 0 saturated heterocycles. The summed E-state index contributed by atoms with van der Waals surface area (Å²) < 4.78 is 2.40. The number of guanidine groups is 1. The summed E-state index contributed by atoms with van der Waals surface area (Å²) in [6, 6.07) is 0.603. The molecule has 1 fully saturated rings. The van der Waals surface area contributed by atoms with Crippen LogP contribution in [0.2, 0.25) is 0 Å². The van der Waals surface area contributed by atoms with Gasteiger partial charge >= 0.3 is 0 Å². The van der Waals surface area contributed by atoms with Gasteiger partial charge in [0.05, 0.1) is 0 Å². The van der Waals surface area contributed by atoms with Gasteiger partial charge in [-0.3, -0.25) is 4.99 Å². The van der Waals surface area contributed by atoms with Gasteiger partial charge in [0.15, 0.2) is 11.1 Å². The minimum absolute atomic E-state index is 0. The molecular weight excluding hydrogens is 471 g/mol. The molecule has 1 aromatic rings. The van der Waals surface area contributed by atoms with E-state index in [4.69, 9.17) is 0 Å². The van der Waals surface area contributed by atoms with E-state index < -0.39 is 0 Å². The van der Waals surface area contributed by atoms with Gasteiger partial charge in [0.2, 0.25) is 0 Å². The molecule has 0 atom stereocenters. The summed E-state index contributed by atoms with van der Waals surface area (Å²) in [5, 5.41) is 16.7. The smallest absolute Gasteiger partial charge is 0.191 e. The van der Waals surface area contributed by atoms with Crippen molar-refractivity contribution < 1.29 is 0 Å². The third kappa shape index (κ3) is 8.17. The van der Waals surface area contributed by atoms with Crippen molar-refractivity contribution in [2.24, 2.45) is 10.9 Å². The first kappa shape index (κ1) is 24.5. The minimum Gasteiger partial charge on any atom is -0.356 e. The predicted octanol–water partition coefficient (Wildman–Crippen LogP) is 4.27. The Kier molecular flexibility index (Phi) is 12.4. The number of aryl methyl sites for hydroxylation is 1. The van der Waals surface area contributed by atoms with Crippen LogP contribution in [-0.4, -0.2) is 47.1 Å². The van der Waals surface area contributed by atoms with Gasteiger partial charge in [0.25, 0.3) is 0 Å². The second-order valence-corrected chi connectivity index (χ2v) is 8.25. The number of nitrogens with zero attached hydrogens (tertiary/aromatic N) is 4. The van der Waals surface area contributed by atoms with Gasteiger partial charge in [0, 0.05) is 32.6 Å². The Bertz CT molecular complexity index is 554. The van der Waals surface area contributed by atoms with Crippen LogP contribution in [0.1, 0.15) is 70.7 Å². The van der Waals surface area contributed by atoms with E-state index in [9.17, 15) is 0 Å². The molecule has 2 N–H and O–H groups in total. The standard InChI is InChI=1S/C19H36N6S.HI/c1-15(2)9-7-13-21-18(20-3)22-14-8-12-17-23-24-19(26-4)25(17)16-10-5-6-11-16;/h15-16H,5-14H2,1-4H3,(H2,20,21,22);1H. The summed E-state index contributed by atoms with van der Waals surface area (Å²) in [7, 11) is 1.83. The fourth-order valence-electron chi connectivity index (χ4n) is 3.54. The summed E-state index contributed by atoms with van der Waals surface area (Å²) in [5.41, 5.74) is 0. The number of rotatable bonds is 10. The third-order valence-electron chi connectivity index (χ3n) is 4.95. The van der Waals surface area contributed by atoms with E-state index >= 15 is 0 Å². The first-order valence-corrected chi connectivity index (χ1v) is 11.3. The van der Waals surface area contributed by atoms with Crippen LogP contribution in [0.25, 0.3) is 0 Å². The Morgan fingerprint density at radius 1 is 1.19 bits per heavy atom.